The molecule has 5 nitrogen and oxygen atoms in total. The Hall–Kier alpha value is -3.47. The van der Waals surface area contributed by atoms with Gasteiger partial charge in [-0.1, -0.05) is 36.4 Å². The zero-order valence-electron chi connectivity index (χ0n) is 13.9. The van der Waals surface area contributed by atoms with Crippen molar-refractivity contribution < 1.29 is 9.72 Å². The van der Waals surface area contributed by atoms with Gasteiger partial charge < -0.3 is 5.32 Å². The van der Waals surface area contributed by atoms with Crippen molar-refractivity contribution in [1.29, 1.82) is 0 Å². The Morgan fingerprint density at radius 3 is 2.62 bits per heavy atom. The lowest BCUT2D eigenvalue weighted by atomic mass is 10.0. The molecule has 0 unspecified atom stereocenters. The largest absolute Gasteiger partial charge is 0.322 e. The van der Waals surface area contributed by atoms with Crippen LogP contribution in [0.1, 0.15) is 16.7 Å². The lowest BCUT2D eigenvalue weighted by Gasteiger charge is -2.09. The molecular formula is C21H16N2O3. The van der Waals surface area contributed by atoms with E-state index in [9.17, 15) is 14.9 Å². The average Bonchev–Trinajstić information content (AvgIpc) is 3.07. The average molecular weight is 344 g/mol. The van der Waals surface area contributed by atoms with E-state index in [1.54, 1.807) is 18.2 Å². The second-order valence-electron chi connectivity index (χ2n) is 6.29. The van der Waals surface area contributed by atoms with E-state index in [-0.39, 0.29) is 11.6 Å². The van der Waals surface area contributed by atoms with E-state index in [2.05, 4.69) is 17.4 Å². The molecule has 0 saturated heterocycles. The highest BCUT2D eigenvalue weighted by Crippen LogP contribution is 2.34. The molecule has 0 fully saturated rings. The summed E-state index contributed by atoms with van der Waals surface area (Å²) in [6, 6.07) is 16.3. The van der Waals surface area contributed by atoms with Gasteiger partial charge in [-0.15, -0.1) is 0 Å². The first-order chi connectivity index (χ1) is 12.6. The Bertz CT molecular complexity index is 1060. The number of non-ortho nitro benzene ring substituents is 1. The van der Waals surface area contributed by atoms with Crippen LogP contribution in [0.4, 0.5) is 11.4 Å². The second-order valence-corrected chi connectivity index (χ2v) is 6.29. The molecule has 0 aliphatic heterocycles. The summed E-state index contributed by atoms with van der Waals surface area (Å²) >= 11 is 0. The predicted molar refractivity (Wildman–Crippen MR) is 102 cm³/mol. The van der Waals surface area contributed by atoms with Gasteiger partial charge in [0.05, 0.1) is 4.92 Å². The number of aryl methyl sites for hydroxylation is 2. The van der Waals surface area contributed by atoms with Crippen LogP contribution in [0.25, 0.3) is 16.8 Å². The van der Waals surface area contributed by atoms with E-state index in [0.717, 1.165) is 23.9 Å². The third-order valence-corrected chi connectivity index (χ3v) is 4.64. The summed E-state index contributed by atoms with van der Waals surface area (Å²) in [6.45, 7) is 0. The number of amides is 1. The molecule has 26 heavy (non-hydrogen) atoms. The first kappa shape index (κ1) is 16.0. The summed E-state index contributed by atoms with van der Waals surface area (Å²) < 4.78 is 0. The minimum Gasteiger partial charge on any atom is -0.322 e. The van der Waals surface area contributed by atoms with Crippen LogP contribution < -0.4 is 5.32 Å². The molecule has 0 saturated carbocycles. The molecule has 1 aliphatic carbocycles. The van der Waals surface area contributed by atoms with Gasteiger partial charge >= 0.3 is 0 Å². The molecule has 1 aliphatic rings. The van der Waals surface area contributed by atoms with Crippen molar-refractivity contribution in [3.05, 3.63) is 87.5 Å². The van der Waals surface area contributed by atoms with E-state index in [4.69, 9.17) is 0 Å². The Morgan fingerprint density at radius 1 is 1.04 bits per heavy atom. The van der Waals surface area contributed by atoms with Gasteiger partial charge in [0.25, 0.3) is 5.69 Å². The van der Waals surface area contributed by atoms with Crippen LogP contribution in [0.5, 0.6) is 0 Å². The summed E-state index contributed by atoms with van der Waals surface area (Å²) in [6.07, 6.45) is 5.04. The highest BCUT2D eigenvalue weighted by molar-refractivity contribution is 6.09. The van der Waals surface area contributed by atoms with Crippen molar-refractivity contribution >= 4 is 34.1 Å². The van der Waals surface area contributed by atoms with Crippen LogP contribution in [0.3, 0.4) is 0 Å². The molecule has 5 heteroatoms. The number of carbonyl (C=O) groups excluding carboxylic acids is 1. The predicted octanol–water partition coefficient (Wildman–Crippen LogP) is 4.50. The van der Waals surface area contributed by atoms with Gasteiger partial charge in [-0.25, -0.2) is 0 Å². The first-order valence-electron chi connectivity index (χ1n) is 8.39. The third kappa shape index (κ3) is 2.95. The number of anilines is 1. The Morgan fingerprint density at radius 2 is 1.81 bits per heavy atom. The molecule has 4 rings (SSSR count). The van der Waals surface area contributed by atoms with E-state index in [1.807, 2.05) is 18.2 Å². The summed E-state index contributed by atoms with van der Waals surface area (Å²) in [5.74, 6) is -0.268. The monoisotopic (exact) mass is 344 g/mol. The van der Waals surface area contributed by atoms with Crippen LogP contribution in [0, 0.1) is 10.1 Å². The maximum Gasteiger partial charge on any atom is 0.270 e. The highest BCUT2D eigenvalue weighted by Gasteiger charge is 2.16. The number of nitrogens with one attached hydrogen (secondary N) is 1. The molecule has 0 aromatic heterocycles. The van der Waals surface area contributed by atoms with Crippen molar-refractivity contribution in [3.63, 3.8) is 0 Å². The molecule has 0 heterocycles. The number of nitro groups is 1. The number of nitrogens with zero attached hydrogens (tertiary/aromatic N) is 1. The zero-order valence-corrected chi connectivity index (χ0v) is 13.9. The maximum absolute atomic E-state index is 12.3. The number of benzene rings is 3. The molecule has 3 aromatic rings. The normalized spacial score (nSPS) is 12.6. The van der Waals surface area contributed by atoms with Gasteiger partial charge in [-0.3, -0.25) is 14.9 Å². The molecule has 1 N–H and O–H groups in total. The third-order valence-electron chi connectivity index (χ3n) is 4.64. The maximum atomic E-state index is 12.3. The van der Waals surface area contributed by atoms with Crippen molar-refractivity contribution in [2.45, 2.75) is 12.8 Å². The lowest BCUT2D eigenvalue weighted by Crippen LogP contribution is -2.08. The number of hydrogen-bond acceptors (Lipinski definition) is 3. The molecule has 128 valence electrons. The number of nitro benzene ring substituents is 1. The topological polar surface area (TPSA) is 72.2 Å². The molecular weight excluding hydrogens is 328 g/mol. The fourth-order valence-corrected chi connectivity index (χ4v) is 3.44. The minimum absolute atomic E-state index is 0.0000574. The van der Waals surface area contributed by atoms with Crippen molar-refractivity contribution in [2.75, 3.05) is 5.32 Å². The van der Waals surface area contributed by atoms with Crippen LogP contribution in [-0.2, 0) is 17.6 Å². The molecule has 3 aromatic carbocycles. The first-order valence-corrected chi connectivity index (χ1v) is 8.39. The van der Waals surface area contributed by atoms with Crippen molar-refractivity contribution in [1.82, 2.24) is 0 Å². The van der Waals surface area contributed by atoms with E-state index in [1.165, 1.54) is 34.7 Å². The van der Waals surface area contributed by atoms with Crippen LogP contribution >= 0.6 is 0 Å². The van der Waals surface area contributed by atoms with Crippen LogP contribution in [-0.4, -0.2) is 10.8 Å². The van der Waals surface area contributed by atoms with Gasteiger partial charge in [-0.05, 0) is 47.1 Å². The Labute approximate surface area is 150 Å². The lowest BCUT2D eigenvalue weighted by molar-refractivity contribution is -0.384. The van der Waals surface area contributed by atoms with E-state index >= 15 is 0 Å². The highest BCUT2D eigenvalue weighted by atomic mass is 16.6. The number of rotatable bonds is 4. The van der Waals surface area contributed by atoms with Gasteiger partial charge in [-0.2, -0.15) is 0 Å². The summed E-state index contributed by atoms with van der Waals surface area (Å²) in [5.41, 5.74) is 4.03. The molecule has 1 amide bonds. The van der Waals surface area contributed by atoms with Crippen molar-refractivity contribution in [2.24, 2.45) is 0 Å². The van der Waals surface area contributed by atoms with E-state index in [0.29, 0.717) is 5.56 Å². The van der Waals surface area contributed by atoms with Crippen molar-refractivity contribution in [3.8, 4) is 0 Å². The quantitative estimate of drug-likeness (QED) is 0.430. The van der Waals surface area contributed by atoms with Gasteiger partial charge in [0, 0.05) is 29.3 Å². The van der Waals surface area contributed by atoms with Gasteiger partial charge in [0.15, 0.2) is 0 Å². The van der Waals surface area contributed by atoms with Gasteiger partial charge in [0.1, 0.15) is 0 Å². The number of hydrogen-bond donors (Lipinski definition) is 1. The molecule has 0 atom stereocenters. The molecule has 0 bridgehead atoms. The minimum atomic E-state index is -0.454. The van der Waals surface area contributed by atoms with Crippen LogP contribution in [0.15, 0.2) is 60.7 Å². The second kappa shape index (κ2) is 6.44. The summed E-state index contributed by atoms with van der Waals surface area (Å²) in [7, 11) is 0. The summed E-state index contributed by atoms with van der Waals surface area (Å²) in [4.78, 5) is 22.7. The SMILES string of the molecule is O=C(/C=C/c1cccc([N+](=O)[O-])c1)Nc1ccc2c3c(cccc13)CC2. The van der Waals surface area contributed by atoms with Gasteiger partial charge in [0.2, 0.25) is 5.91 Å². The fourth-order valence-electron chi connectivity index (χ4n) is 3.44. The molecule has 0 radical (unpaired) electrons. The zero-order chi connectivity index (χ0) is 18.1. The number of carbonyl (C=O) groups is 1. The Balaban J connectivity index is 1.57. The smallest absolute Gasteiger partial charge is 0.270 e. The fraction of sp³-hybridized carbons (Fsp3) is 0.0952. The molecule has 0 spiro atoms. The Kier molecular flexibility index (Phi) is 3.97. The summed E-state index contributed by atoms with van der Waals surface area (Å²) in [5, 5.41) is 16.0. The standard InChI is InChI=1S/C21H16N2O3/c24-20(12-7-14-3-1-5-17(13-14)23(25)26)22-19-11-10-16-9-8-15-4-2-6-18(19)21(15)16/h1-7,10-13H,8-9H2,(H,22,24)/b12-7+. The van der Waals surface area contributed by atoms with Crippen LogP contribution in [0.2, 0.25) is 0 Å². The van der Waals surface area contributed by atoms with E-state index < -0.39 is 4.92 Å².